The Morgan fingerprint density at radius 3 is 2.33 bits per heavy atom. The summed E-state index contributed by atoms with van der Waals surface area (Å²) < 4.78 is 13.8. The Kier molecular flexibility index (Phi) is 15.4. The van der Waals surface area contributed by atoms with Crippen LogP contribution >= 0.6 is 22.7 Å². The standard InChI is InChI=1S/C52H59N9O7S2/c1-30-32(3)70-51-44(30)45(56-40(48-59-58-33(4)61(48)51)25-42(63)55-37-12-9-8-10-13-37)35-18-20-39(21-19-35)68-23-11-22-67-28-43(64)57-47(52(5,6)7)50(66)60-27-38(62)24-41(60)49(65)53-26-34-14-16-36(17-15-34)46-31(2)54-29-69-46/h8-10,12-21,29,38,40-41,47,62H,11,22-28H2,1-7H3,(H,53,65)(H,55,63)(H,57,64)/t38-,40+,41+,47?/m1/s1. The number of β-amino-alcohol motifs (C(OH)–C–C–N with tert-alkyl or cyclic N) is 1. The molecule has 0 aliphatic carbocycles. The minimum Gasteiger partial charge on any atom is -0.494 e. The van der Waals surface area contributed by atoms with Gasteiger partial charge in [-0.1, -0.05) is 63.2 Å². The van der Waals surface area contributed by atoms with E-state index < -0.39 is 41.5 Å². The Morgan fingerprint density at radius 2 is 1.63 bits per heavy atom. The van der Waals surface area contributed by atoms with Crippen molar-refractivity contribution >= 4 is 57.7 Å². The van der Waals surface area contributed by atoms with Crippen molar-refractivity contribution in [2.24, 2.45) is 10.4 Å². The molecule has 4 N–H and O–H groups in total. The van der Waals surface area contributed by atoms with Gasteiger partial charge in [0.25, 0.3) is 0 Å². The molecule has 2 aliphatic rings. The Bertz CT molecular complexity index is 2870. The van der Waals surface area contributed by atoms with Crippen molar-refractivity contribution in [1.82, 2.24) is 35.3 Å². The molecule has 366 valence electrons. The SMILES string of the molecule is Cc1ncsc1-c1ccc(CNC(=O)[C@@H]2C[C@@H](O)CN2C(=O)C(NC(=O)COCCCOc2ccc(C3=N[C@@H](CC(=O)Nc4ccccc4)c4nnc(C)n4-c4sc(C)c(C)c43)cc2)C(C)(C)C)cc1. The van der Waals surface area contributed by atoms with Crippen LogP contribution in [0, 0.1) is 33.1 Å². The van der Waals surface area contributed by atoms with E-state index in [9.17, 15) is 24.3 Å². The van der Waals surface area contributed by atoms with Crippen LogP contribution in [0.4, 0.5) is 5.69 Å². The first-order valence-electron chi connectivity index (χ1n) is 23.4. The van der Waals surface area contributed by atoms with Crippen molar-refractivity contribution in [2.45, 2.75) is 98.5 Å². The maximum atomic E-state index is 14.1. The second-order valence-electron chi connectivity index (χ2n) is 18.7. The van der Waals surface area contributed by atoms with Gasteiger partial charge in [0, 0.05) is 47.6 Å². The zero-order valence-corrected chi connectivity index (χ0v) is 42.1. The highest BCUT2D eigenvalue weighted by Crippen LogP contribution is 2.40. The molecule has 4 atom stereocenters. The second kappa shape index (κ2) is 21.6. The van der Waals surface area contributed by atoms with Gasteiger partial charge in [0.05, 0.1) is 47.5 Å². The van der Waals surface area contributed by atoms with E-state index in [2.05, 4.69) is 45.0 Å². The molecular formula is C52H59N9O7S2. The third-order valence-corrected chi connectivity index (χ3v) is 14.6. The number of aliphatic imine (C=N–C) groups is 1. The molecular weight excluding hydrogens is 927 g/mol. The molecule has 0 radical (unpaired) electrons. The average molecular weight is 986 g/mol. The Balaban J connectivity index is 0.830. The normalized spacial score (nSPS) is 16.9. The highest BCUT2D eigenvalue weighted by atomic mass is 32.1. The van der Waals surface area contributed by atoms with Gasteiger partial charge in [0.15, 0.2) is 5.82 Å². The van der Waals surface area contributed by atoms with Crippen molar-refractivity contribution in [1.29, 1.82) is 0 Å². The van der Waals surface area contributed by atoms with Gasteiger partial charge in [-0.3, -0.25) is 28.7 Å². The fraction of sp³-hybridized carbons (Fsp3) is 0.385. The average Bonchev–Trinajstić information content (AvgIpc) is 4.10. The van der Waals surface area contributed by atoms with Crippen LogP contribution in [0.15, 0.2) is 89.4 Å². The number of nitrogens with zero attached hydrogens (tertiary/aromatic N) is 6. The maximum absolute atomic E-state index is 14.1. The van der Waals surface area contributed by atoms with Crippen LogP contribution in [0.1, 0.15) is 90.5 Å². The van der Waals surface area contributed by atoms with Crippen LogP contribution in [-0.2, 0) is 30.5 Å². The maximum Gasteiger partial charge on any atom is 0.246 e. The summed E-state index contributed by atoms with van der Waals surface area (Å²) in [4.78, 5) is 67.3. The van der Waals surface area contributed by atoms with E-state index in [0.29, 0.717) is 36.1 Å². The fourth-order valence-electron chi connectivity index (χ4n) is 8.64. The number of carbonyl (C=O) groups is 4. The van der Waals surface area contributed by atoms with Crippen LogP contribution in [0.25, 0.3) is 15.4 Å². The highest BCUT2D eigenvalue weighted by Gasteiger charge is 2.44. The molecule has 3 aromatic carbocycles. The number of ether oxygens (including phenoxy) is 2. The number of nitrogens with one attached hydrogen (secondary N) is 3. The number of anilines is 1. The van der Waals surface area contributed by atoms with E-state index in [1.165, 1.54) is 4.90 Å². The molecule has 3 aromatic heterocycles. The molecule has 8 rings (SSSR count). The molecule has 18 heteroatoms. The lowest BCUT2D eigenvalue weighted by Crippen LogP contribution is -2.58. The summed E-state index contributed by atoms with van der Waals surface area (Å²) in [7, 11) is 0. The van der Waals surface area contributed by atoms with Gasteiger partial charge >= 0.3 is 0 Å². The van der Waals surface area contributed by atoms with Gasteiger partial charge in [-0.25, -0.2) is 4.98 Å². The van der Waals surface area contributed by atoms with Crippen molar-refractivity contribution in [3.63, 3.8) is 0 Å². The van der Waals surface area contributed by atoms with Gasteiger partial charge < -0.3 is 35.4 Å². The number of aliphatic hydroxyl groups excluding tert-OH is 1. The van der Waals surface area contributed by atoms with E-state index in [0.717, 1.165) is 54.0 Å². The van der Waals surface area contributed by atoms with Gasteiger partial charge in [-0.2, -0.15) is 0 Å². The summed E-state index contributed by atoms with van der Waals surface area (Å²) in [6.07, 6.45) is -0.229. The molecule has 0 saturated carbocycles. The number of para-hydroxylation sites is 1. The largest absolute Gasteiger partial charge is 0.494 e. The van der Waals surface area contributed by atoms with E-state index in [1.807, 2.05) is 124 Å². The number of likely N-dealkylation sites (tertiary alicyclic amines) is 1. The van der Waals surface area contributed by atoms with E-state index >= 15 is 0 Å². The smallest absolute Gasteiger partial charge is 0.246 e. The lowest BCUT2D eigenvalue weighted by Gasteiger charge is -2.35. The lowest BCUT2D eigenvalue weighted by molar-refractivity contribution is -0.144. The van der Waals surface area contributed by atoms with Gasteiger partial charge in [-0.15, -0.1) is 32.9 Å². The molecule has 70 heavy (non-hydrogen) atoms. The van der Waals surface area contributed by atoms with E-state index in [1.54, 1.807) is 22.7 Å². The Morgan fingerprint density at radius 1 is 0.900 bits per heavy atom. The number of amides is 4. The van der Waals surface area contributed by atoms with E-state index in [-0.39, 0.29) is 51.0 Å². The number of hydrogen-bond acceptors (Lipinski definition) is 13. The molecule has 0 spiro atoms. The number of thiophene rings is 1. The summed E-state index contributed by atoms with van der Waals surface area (Å²) in [5.74, 6) is 0.484. The summed E-state index contributed by atoms with van der Waals surface area (Å²) >= 11 is 3.22. The molecule has 4 amide bonds. The predicted octanol–water partition coefficient (Wildman–Crippen LogP) is 7.20. The van der Waals surface area contributed by atoms with Crippen LogP contribution in [0.3, 0.4) is 0 Å². The number of benzene rings is 3. The number of aryl methyl sites for hydroxylation is 3. The fourth-order valence-corrected chi connectivity index (χ4v) is 10.7. The number of hydrogen-bond donors (Lipinski definition) is 4. The zero-order chi connectivity index (χ0) is 49.7. The van der Waals surface area contributed by atoms with Gasteiger partial charge in [-0.05, 0) is 86.2 Å². The quantitative estimate of drug-likeness (QED) is 0.0677. The number of carbonyl (C=O) groups excluding carboxylic acids is 4. The van der Waals surface area contributed by atoms with Crippen LogP contribution in [0.5, 0.6) is 5.75 Å². The van der Waals surface area contributed by atoms with E-state index in [4.69, 9.17) is 14.5 Å². The van der Waals surface area contributed by atoms with Crippen molar-refractivity contribution in [3.05, 3.63) is 129 Å². The topological polar surface area (TPSA) is 202 Å². The number of aromatic nitrogens is 4. The monoisotopic (exact) mass is 985 g/mol. The molecule has 2 aliphatic heterocycles. The first-order chi connectivity index (χ1) is 33.5. The molecule has 1 unspecified atom stereocenters. The summed E-state index contributed by atoms with van der Waals surface area (Å²) in [6.45, 7) is 14.1. The summed E-state index contributed by atoms with van der Waals surface area (Å²) in [5, 5.41) is 29.3. The molecule has 6 aromatic rings. The van der Waals surface area contributed by atoms with Crippen molar-refractivity contribution < 1.29 is 33.8 Å². The number of aliphatic hydroxyl groups is 1. The summed E-state index contributed by atoms with van der Waals surface area (Å²) in [6, 6.07) is 22.4. The Hall–Kier alpha value is -6.60. The molecule has 16 nitrogen and oxygen atoms in total. The van der Waals surface area contributed by atoms with Gasteiger partial charge in [0.1, 0.15) is 41.3 Å². The third-order valence-electron chi connectivity index (χ3n) is 12.4. The Labute approximate surface area is 415 Å². The molecule has 1 fully saturated rings. The lowest BCUT2D eigenvalue weighted by atomic mass is 9.85. The van der Waals surface area contributed by atoms with Crippen molar-refractivity contribution in [2.75, 3.05) is 31.7 Å². The predicted molar refractivity (Wildman–Crippen MR) is 271 cm³/mol. The molecule has 5 heterocycles. The van der Waals surface area contributed by atoms with Crippen LogP contribution < -0.4 is 20.7 Å². The number of fused-ring (bicyclic) bond motifs is 3. The molecule has 0 bridgehead atoms. The van der Waals surface area contributed by atoms with Crippen LogP contribution in [-0.4, -0.2) is 104 Å². The number of thiazole rings is 1. The number of rotatable bonds is 17. The van der Waals surface area contributed by atoms with Gasteiger partial charge in [0.2, 0.25) is 23.6 Å². The minimum absolute atomic E-state index is 0.0222. The van der Waals surface area contributed by atoms with Crippen LogP contribution in [0.2, 0.25) is 0 Å². The minimum atomic E-state index is -0.977. The van der Waals surface area contributed by atoms with Crippen molar-refractivity contribution in [3.8, 4) is 21.2 Å². The molecule has 1 saturated heterocycles. The zero-order valence-electron chi connectivity index (χ0n) is 40.4. The first-order valence-corrected chi connectivity index (χ1v) is 25.1. The highest BCUT2D eigenvalue weighted by molar-refractivity contribution is 7.15. The third kappa shape index (κ3) is 11.4. The second-order valence-corrected chi connectivity index (χ2v) is 20.8. The first kappa shape index (κ1) is 49.8. The summed E-state index contributed by atoms with van der Waals surface area (Å²) in [5.41, 5.74) is 8.40.